The van der Waals surface area contributed by atoms with Crippen LogP contribution in [-0.2, 0) is 5.60 Å². The predicted molar refractivity (Wildman–Crippen MR) is 122 cm³/mol. The monoisotopic (exact) mass is 492 g/mol. The average Bonchev–Trinajstić information content (AvgIpc) is 2.94. The fourth-order valence-corrected chi connectivity index (χ4v) is 3.44. The summed E-state index contributed by atoms with van der Waals surface area (Å²) in [6, 6.07) is 1.89. The molecule has 0 bridgehead atoms. The highest BCUT2D eigenvalue weighted by molar-refractivity contribution is 14.0. The Balaban J connectivity index is 0.00000364. The Morgan fingerprint density at radius 1 is 1.33 bits per heavy atom. The Labute approximate surface area is 181 Å². The molecule has 2 rings (SSSR count). The molecule has 0 radical (unpaired) electrons. The zero-order valence-electron chi connectivity index (χ0n) is 17.5. The first-order valence-electron chi connectivity index (χ1n) is 9.86. The lowest BCUT2D eigenvalue weighted by molar-refractivity contribution is 0.0657. The van der Waals surface area contributed by atoms with Crippen LogP contribution >= 0.6 is 24.0 Å². The average molecular weight is 492 g/mol. The van der Waals surface area contributed by atoms with Crippen LogP contribution in [0.4, 0.5) is 0 Å². The van der Waals surface area contributed by atoms with E-state index in [1.165, 1.54) is 25.9 Å². The Bertz CT molecular complexity index is 593. The smallest absolute Gasteiger partial charge is 0.191 e. The number of rotatable bonds is 7. The highest BCUT2D eigenvalue weighted by Crippen LogP contribution is 2.27. The van der Waals surface area contributed by atoms with E-state index in [4.69, 9.17) is 4.42 Å². The molecule has 1 aromatic heterocycles. The third-order valence-corrected chi connectivity index (χ3v) is 5.11. The number of guanidine groups is 1. The van der Waals surface area contributed by atoms with E-state index in [2.05, 4.69) is 27.4 Å². The minimum atomic E-state index is -1.05. The Kier molecular flexibility index (Phi) is 10.1. The van der Waals surface area contributed by atoms with Crippen LogP contribution in [0.15, 0.2) is 15.5 Å². The van der Waals surface area contributed by atoms with E-state index < -0.39 is 5.60 Å². The molecule has 1 aliphatic heterocycles. The quantitative estimate of drug-likeness (QED) is 0.310. The molecule has 1 unspecified atom stereocenters. The summed E-state index contributed by atoms with van der Waals surface area (Å²) < 4.78 is 5.55. The second kappa shape index (κ2) is 11.3. The maximum absolute atomic E-state index is 10.8. The Hall–Kier alpha value is -0.800. The number of halogens is 1. The Morgan fingerprint density at radius 2 is 2.00 bits per heavy atom. The molecule has 1 atom stereocenters. The van der Waals surface area contributed by atoms with E-state index in [-0.39, 0.29) is 30.5 Å². The van der Waals surface area contributed by atoms with Crippen LogP contribution in [-0.4, -0.2) is 55.2 Å². The molecule has 1 saturated heterocycles. The molecule has 1 aromatic rings. The van der Waals surface area contributed by atoms with Crippen LogP contribution in [0.5, 0.6) is 0 Å². The molecule has 6 nitrogen and oxygen atoms in total. The summed E-state index contributed by atoms with van der Waals surface area (Å²) in [5.41, 5.74) is -0.246. The summed E-state index contributed by atoms with van der Waals surface area (Å²) >= 11 is 0. The van der Waals surface area contributed by atoms with Gasteiger partial charge in [-0.25, -0.2) is 4.99 Å². The molecule has 0 aromatic carbocycles. The number of hydrogen-bond donors (Lipinski definition) is 3. The van der Waals surface area contributed by atoms with Gasteiger partial charge in [-0.15, -0.1) is 24.0 Å². The molecule has 3 N–H and O–H groups in total. The van der Waals surface area contributed by atoms with Gasteiger partial charge in [0.15, 0.2) is 5.96 Å². The van der Waals surface area contributed by atoms with Crippen molar-refractivity contribution in [2.75, 3.05) is 39.3 Å². The summed E-state index contributed by atoms with van der Waals surface area (Å²) in [4.78, 5) is 7.10. The van der Waals surface area contributed by atoms with Crippen LogP contribution < -0.4 is 10.6 Å². The number of likely N-dealkylation sites (tertiary alicyclic amines) is 1. The maximum Gasteiger partial charge on any atom is 0.191 e. The molecule has 156 valence electrons. The number of aliphatic imine (C=N–C) groups is 1. The van der Waals surface area contributed by atoms with Gasteiger partial charge in [0.25, 0.3) is 0 Å². The van der Waals surface area contributed by atoms with Gasteiger partial charge in [-0.2, -0.15) is 0 Å². The fraction of sp³-hybridized carbons (Fsp3) is 0.750. The Morgan fingerprint density at radius 3 is 2.56 bits per heavy atom. The van der Waals surface area contributed by atoms with Crippen molar-refractivity contribution in [2.45, 2.75) is 53.1 Å². The lowest BCUT2D eigenvalue weighted by atomic mass is 9.96. The van der Waals surface area contributed by atoms with Gasteiger partial charge in [0.2, 0.25) is 0 Å². The lowest BCUT2D eigenvalue weighted by Gasteiger charge is -2.30. The molecule has 0 amide bonds. The summed E-state index contributed by atoms with van der Waals surface area (Å²) in [5, 5.41) is 17.5. The third kappa shape index (κ3) is 7.62. The lowest BCUT2D eigenvalue weighted by Crippen LogP contribution is -2.44. The van der Waals surface area contributed by atoms with E-state index in [9.17, 15) is 5.11 Å². The van der Waals surface area contributed by atoms with Gasteiger partial charge in [0, 0.05) is 25.2 Å². The van der Waals surface area contributed by atoms with Gasteiger partial charge in [0.1, 0.15) is 17.1 Å². The van der Waals surface area contributed by atoms with Gasteiger partial charge in [-0.1, -0.05) is 6.92 Å². The third-order valence-electron chi connectivity index (χ3n) is 5.11. The number of aliphatic hydroxyl groups is 1. The van der Waals surface area contributed by atoms with E-state index in [1.807, 2.05) is 26.8 Å². The number of piperidine rings is 1. The number of furan rings is 1. The van der Waals surface area contributed by atoms with Crippen LogP contribution in [0.1, 0.15) is 50.7 Å². The number of nitrogens with zero attached hydrogens (tertiary/aromatic N) is 2. The molecule has 2 heterocycles. The molecule has 1 aliphatic rings. The second-order valence-corrected chi connectivity index (χ2v) is 7.75. The molecule has 0 saturated carbocycles. The summed E-state index contributed by atoms with van der Waals surface area (Å²) in [6.45, 7) is 15.3. The van der Waals surface area contributed by atoms with Gasteiger partial charge >= 0.3 is 0 Å². The topological polar surface area (TPSA) is 73.0 Å². The molecule has 1 fully saturated rings. The van der Waals surface area contributed by atoms with Gasteiger partial charge in [0.05, 0.1) is 6.54 Å². The van der Waals surface area contributed by atoms with Crippen LogP contribution in [0.3, 0.4) is 0 Å². The molecule has 7 heteroatoms. The van der Waals surface area contributed by atoms with E-state index in [1.54, 1.807) is 6.92 Å². The molecule has 27 heavy (non-hydrogen) atoms. The van der Waals surface area contributed by atoms with Crippen molar-refractivity contribution in [2.24, 2.45) is 10.9 Å². The highest BCUT2D eigenvalue weighted by atomic mass is 127. The van der Waals surface area contributed by atoms with Crippen molar-refractivity contribution in [3.8, 4) is 0 Å². The standard InChI is InChI=1S/C20H36N4O2.HI/c1-6-21-19(22-9-12-24-10-7-15(2)8-11-24)23-14-20(5,25)18-13-16(3)26-17(18)4;/h13,15,25H,6-12,14H2,1-5H3,(H2,21,22,23);1H. The summed E-state index contributed by atoms with van der Waals surface area (Å²) in [5.74, 6) is 3.16. The van der Waals surface area contributed by atoms with Crippen molar-refractivity contribution < 1.29 is 9.52 Å². The summed E-state index contributed by atoms with van der Waals surface area (Å²) in [7, 11) is 0. The predicted octanol–water partition coefficient (Wildman–Crippen LogP) is 3.01. The molecular weight excluding hydrogens is 455 g/mol. The number of nitrogens with one attached hydrogen (secondary N) is 2. The zero-order chi connectivity index (χ0) is 19.2. The van der Waals surface area contributed by atoms with Crippen molar-refractivity contribution in [1.82, 2.24) is 15.5 Å². The molecular formula is C20H37IN4O2. The second-order valence-electron chi connectivity index (χ2n) is 7.75. The molecule has 0 spiro atoms. The molecule has 0 aliphatic carbocycles. The van der Waals surface area contributed by atoms with Gasteiger partial charge < -0.3 is 25.1 Å². The van der Waals surface area contributed by atoms with Crippen molar-refractivity contribution in [3.05, 3.63) is 23.2 Å². The van der Waals surface area contributed by atoms with Crippen molar-refractivity contribution in [1.29, 1.82) is 0 Å². The van der Waals surface area contributed by atoms with Crippen molar-refractivity contribution >= 4 is 29.9 Å². The minimum Gasteiger partial charge on any atom is -0.466 e. The van der Waals surface area contributed by atoms with Crippen LogP contribution in [0.2, 0.25) is 0 Å². The SMILES string of the molecule is CCNC(=NCC(C)(O)c1cc(C)oc1C)NCCN1CCC(C)CC1.I. The first kappa shape index (κ1) is 24.2. The highest BCUT2D eigenvalue weighted by Gasteiger charge is 2.27. The van der Waals surface area contributed by atoms with E-state index in [0.717, 1.165) is 48.6 Å². The van der Waals surface area contributed by atoms with E-state index in [0.29, 0.717) is 0 Å². The fourth-order valence-electron chi connectivity index (χ4n) is 3.44. The first-order valence-corrected chi connectivity index (χ1v) is 9.86. The van der Waals surface area contributed by atoms with Gasteiger partial charge in [-0.05, 0) is 65.6 Å². The van der Waals surface area contributed by atoms with Crippen molar-refractivity contribution in [3.63, 3.8) is 0 Å². The largest absolute Gasteiger partial charge is 0.466 e. The van der Waals surface area contributed by atoms with Crippen LogP contribution in [0.25, 0.3) is 0 Å². The summed E-state index contributed by atoms with van der Waals surface area (Å²) in [6.07, 6.45) is 2.58. The maximum atomic E-state index is 10.8. The zero-order valence-corrected chi connectivity index (χ0v) is 19.8. The first-order chi connectivity index (χ1) is 12.3. The minimum absolute atomic E-state index is 0. The normalized spacial score (nSPS) is 18.7. The number of aryl methyl sites for hydroxylation is 2. The van der Waals surface area contributed by atoms with E-state index >= 15 is 0 Å². The number of hydrogen-bond acceptors (Lipinski definition) is 4. The van der Waals surface area contributed by atoms with Crippen LogP contribution in [0, 0.1) is 19.8 Å². The van der Waals surface area contributed by atoms with Gasteiger partial charge in [-0.3, -0.25) is 0 Å².